The first-order valence-electron chi connectivity index (χ1n) is 8.97. The maximum Gasteiger partial charge on any atom is 0.252 e. The van der Waals surface area contributed by atoms with Crippen LogP contribution in [0.2, 0.25) is 0 Å². The third kappa shape index (κ3) is 3.69. The Morgan fingerprint density at radius 1 is 1.00 bits per heavy atom. The number of nitrogens with one attached hydrogen (secondary N) is 1. The van der Waals surface area contributed by atoms with Crippen LogP contribution < -0.4 is 10.1 Å². The summed E-state index contributed by atoms with van der Waals surface area (Å²) in [6.07, 6.45) is 1.68. The highest BCUT2D eigenvalue weighted by Gasteiger charge is 2.14. The normalized spacial score (nSPS) is 10.6. The minimum atomic E-state index is -0.166. The largest absolute Gasteiger partial charge is 0.497 e. The van der Waals surface area contributed by atoms with E-state index in [0.717, 1.165) is 28.0 Å². The molecule has 0 aliphatic rings. The van der Waals surface area contributed by atoms with Crippen LogP contribution in [0.15, 0.2) is 79.0 Å². The van der Waals surface area contributed by atoms with Crippen LogP contribution in [0.25, 0.3) is 22.3 Å². The van der Waals surface area contributed by atoms with Gasteiger partial charge < -0.3 is 10.1 Å². The molecular formula is C23H19N3O2. The second-order valence-electron chi connectivity index (χ2n) is 6.33. The Labute approximate surface area is 163 Å². The van der Waals surface area contributed by atoms with Crippen LogP contribution >= 0.6 is 0 Å². The molecule has 0 atom stereocenters. The van der Waals surface area contributed by atoms with Crippen molar-refractivity contribution in [1.82, 2.24) is 15.3 Å². The highest BCUT2D eigenvalue weighted by atomic mass is 16.5. The number of carbonyl (C=O) groups excluding carboxylic acids is 1. The minimum Gasteiger partial charge on any atom is -0.497 e. The van der Waals surface area contributed by atoms with Crippen molar-refractivity contribution in [3.8, 4) is 17.0 Å². The first-order valence-corrected chi connectivity index (χ1v) is 8.97. The molecule has 0 radical (unpaired) electrons. The Morgan fingerprint density at radius 2 is 1.86 bits per heavy atom. The van der Waals surface area contributed by atoms with Gasteiger partial charge in [0.25, 0.3) is 5.91 Å². The van der Waals surface area contributed by atoms with Crippen LogP contribution in [-0.2, 0) is 6.54 Å². The standard InChI is InChI=1S/C23H19N3O2/c1-28-18-10-5-7-16(13-18)15-25-23(27)20-14-21(17-8-3-2-4-9-17)26-22-19(20)11-6-12-24-22/h2-14H,15H2,1H3,(H,25,27). The maximum absolute atomic E-state index is 13.0. The fourth-order valence-corrected chi connectivity index (χ4v) is 3.06. The van der Waals surface area contributed by atoms with Gasteiger partial charge in [0.2, 0.25) is 0 Å². The number of fused-ring (bicyclic) bond motifs is 1. The number of rotatable bonds is 5. The van der Waals surface area contributed by atoms with Crippen molar-refractivity contribution < 1.29 is 9.53 Å². The van der Waals surface area contributed by atoms with E-state index in [4.69, 9.17) is 4.74 Å². The number of nitrogens with zero attached hydrogens (tertiary/aromatic N) is 2. The molecule has 2 aromatic carbocycles. The monoisotopic (exact) mass is 369 g/mol. The molecule has 28 heavy (non-hydrogen) atoms. The first-order chi connectivity index (χ1) is 13.7. The topological polar surface area (TPSA) is 64.1 Å². The second kappa shape index (κ2) is 7.88. The second-order valence-corrected chi connectivity index (χ2v) is 6.33. The van der Waals surface area contributed by atoms with Gasteiger partial charge in [-0.05, 0) is 35.9 Å². The van der Waals surface area contributed by atoms with Crippen LogP contribution in [0.4, 0.5) is 0 Å². The van der Waals surface area contributed by atoms with E-state index in [1.807, 2.05) is 72.8 Å². The van der Waals surface area contributed by atoms with Crippen molar-refractivity contribution in [1.29, 1.82) is 0 Å². The zero-order valence-electron chi connectivity index (χ0n) is 15.4. The van der Waals surface area contributed by atoms with E-state index in [9.17, 15) is 4.79 Å². The van der Waals surface area contributed by atoms with Gasteiger partial charge in [-0.25, -0.2) is 9.97 Å². The maximum atomic E-state index is 13.0. The molecule has 0 unspecified atom stereocenters. The lowest BCUT2D eigenvalue weighted by Crippen LogP contribution is -2.23. The van der Waals surface area contributed by atoms with Gasteiger partial charge in [-0.2, -0.15) is 0 Å². The van der Waals surface area contributed by atoms with Gasteiger partial charge in [-0.3, -0.25) is 4.79 Å². The molecule has 2 aromatic heterocycles. The number of ether oxygens (including phenoxy) is 1. The molecule has 2 heterocycles. The molecule has 138 valence electrons. The van der Waals surface area contributed by atoms with Gasteiger partial charge in [0.05, 0.1) is 18.4 Å². The third-order valence-electron chi connectivity index (χ3n) is 4.49. The molecule has 4 rings (SSSR count). The number of pyridine rings is 2. The van der Waals surface area contributed by atoms with E-state index >= 15 is 0 Å². The molecule has 1 amide bonds. The average molecular weight is 369 g/mol. The average Bonchev–Trinajstić information content (AvgIpc) is 2.77. The number of methoxy groups -OCH3 is 1. The summed E-state index contributed by atoms with van der Waals surface area (Å²) >= 11 is 0. The third-order valence-corrected chi connectivity index (χ3v) is 4.49. The first kappa shape index (κ1) is 17.7. The van der Waals surface area contributed by atoms with Crippen molar-refractivity contribution in [2.45, 2.75) is 6.54 Å². The molecule has 0 saturated heterocycles. The predicted molar refractivity (Wildman–Crippen MR) is 109 cm³/mol. The molecular weight excluding hydrogens is 350 g/mol. The number of aromatic nitrogens is 2. The predicted octanol–water partition coefficient (Wildman–Crippen LogP) is 4.24. The highest BCUT2D eigenvalue weighted by molar-refractivity contribution is 6.06. The summed E-state index contributed by atoms with van der Waals surface area (Å²) in [6, 6.07) is 22.9. The quantitative estimate of drug-likeness (QED) is 0.572. The lowest BCUT2D eigenvalue weighted by atomic mass is 10.1. The van der Waals surface area contributed by atoms with Crippen LogP contribution in [0.1, 0.15) is 15.9 Å². The van der Waals surface area contributed by atoms with Crippen molar-refractivity contribution in [3.05, 3.63) is 90.1 Å². The smallest absolute Gasteiger partial charge is 0.252 e. The van der Waals surface area contributed by atoms with Crippen LogP contribution in [0.5, 0.6) is 5.75 Å². The minimum absolute atomic E-state index is 0.166. The Morgan fingerprint density at radius 3 is 2.68 bits per heavy atom. The number of hydrogen-bond acceptors (Lipinski definition) is 4. The molecule has 5 heteroatoms. The van der Waals surface area contributed by atoms with Gasteiger partial charge in [0.1, 0.15) is 5.75 Å². The number of carbonyl (C=O) groups is 1. The molecule has 0 bridgehead atoms. The van der Waals surface area contributed by atoms with E-state index in [1.54, 1.807) is 13.3 Å². The van der Waals surface area contributed by atoms with Gasteiger partial charge in [-0.1, -0.05) is 42.5 Å². The van der Waals surface area contributed by atoms with Crippen molar-refractivity contribution >= 4 is 16.9 Å². The Balaban J connectivity index is 1.67. The lowest BCUT2D eigenvalue weighted by Gasteiger charge is -2.11. The van der Waals surface area contributed by atoms with E-state index in [2.05, 4.69) is 15.3 Å². The zero-order valence-corrected chi connectivity index (χ0v) is 15.4. The molecule has 0 aliphatic carbocycles. The van der Waals surface area contributed by atoms with Crippen LogP contribution in [-0.4, -0.2) is 23.0 Å². The summed E-state index contributed by atoms with van der Waals surface area (Å²) in [5.41, 5.74) is 3.73. The molecule has 0 aliphatic heterocycles. The number of benzene rings is 2. The lowest BCUT2D eigenvalue weighted by molar-refractivity contribution is 0.0952. The van der Waals surface area contributed by atoms with E-state index < -0.39 is 0 Å². The fourth-order valence-electron chi connectivity index (χ4n) is 3.06. The van der Waals surface area contributed by atoms with Gasteiger partial charge in [0, 0.05) is 23.7 Å². The summed E-state index contributed by atoms with van der Waals surface area (Å²) in [5, 5.41) is 3.71. The summed E-state index contributed by atoms with van der Waals surface area (Å²) in [6.45, 7) is 0.404. The highest BCUT2D eigenvalue weighted by Crippen LogP contribution is 2.24. The van der Waals surface area contributed by atoms with Gasteiger partial charge >= 0.3 is 0 Å². The van der Waals surface area contributed by atoms with Crippen LogP contribution in [0, 0.1) is 0 Å². The molecule has 0 spiro atoms. The fraction of sp³-hybridized carbons (Fsp3) is 0.0870. The molecule has 5 nitrogen and oxygen atoms in total. The van der Waals surface area contributed by atoms with Crippen LogP contribution in [0.3, 0.4) is 0 Å². The molecule has 0 saturated carbocycles. The SMILES string of the molecule is COc1cccc(CNC(=O)c2cc(-c3ccccc3)nc3ncccc23)c1. The van der Waals surface area contributed by atoms with Crippen molar-refractivity contribution in [3.63, 3.8) is 0 Å². The van der Waals surface area contributed by atoms with E-state index in [0.29, 0.717) is 17.8 Å². The zero-order chi connectivity index (χ0) is 19.3. The Hall–Kier alpha value is -3.73. The summed E-state index contributed by atoms with van der Waals surface area (Å²) in [7, 11) is 1.62. The Kier molecular flexibility index (Phi) is 4.97. The number of amides is 1. The van der Waals surface area contributed by atoms with E-state index in [-0.39, 0.29) is 5.91 Å². The number of hydrogen-bond donors (Lipinski definition) is 1. The van der Waals surface area contributed by atoms with Crippen molar-refractivity contribution in [2.75, 3.05) is 7.11 Å². The van der Waals surface area contributed by atoms with Gasteiger partial charge in [-0.15, -0.1) is 0 Å². The molecule has 4 aromatic rings. The summed E-state index contributed by atoms with van der Waals surface area (Å²) < 4.78 is 5.24. The van der Waals surface area contributed by atoms with Gasteiger partial charge in [0.15, 0.2) is 5.65 Å². The summed E-state index contributed by atoms with van der Waals surface area (Å²) in [5.74, 6) is 0.595. The molecule has 1 N–H and O–H groups in total. The van der Waals surface area contributed by atoms with E-state index in [1.165, 1.54) is 0 Å². The summed E-state index contributed by atoms with van der Waals surface area (Å²) in [4.78, 5) is 21.9. The Bertz CT molecular complexity index is 1130. The van der Waals surface area contributed by atoms with Crippen molar-refractivity contribution in [2.24, 2.45) is 0 Å². The molecule has 0 fully saturated rings.